The molecule has 0 radical (unpaired) electrons. The van der Waals surface area contributed by atoms with Crippen LogP contribution in [0.2, 0.25) is 0 Å². The van der Waals surface area contributed by atoms with E-state index in [9.17, 15) is 4.79 Å². The van der Waals surface area contributed by atoms with Crippen molar-refractivity contribution in [1.29, 1.82) is 0 Å². The molecule has 0 spiro atoms. The number of likely N-dealkylation sites (tertiary alicyclic amines) is 1. The molecule has 0 atom stereocenters. The fourth-order valence-electron chi connectivity index (χ4n) is 3.01. The number of benzene rings is 1. The van der Waals surface area contributed by atoms with Crippen LogP contribution in [0.3, 0.4) is 0 Å². The number of piperidine rings is 1. The first-order valence-electron chi connectivity index (χ1n) is 7.96. The predicted molar refractivity (Wildman–Crippen MR) is 100 cm³/mol. The number of hydrogen-bond donors (Lipinski definition) is 0. The molecule has 2 aromatic heterocycles. The molecule has 124 valence electrons. The Morgan fingerprint density at radius 2 is 2.21 bits per heavy atom. The van der Waals surface area contributed by atoms with Crippen molar-refractivity contribution in [3.05, 3.63) is 34.7 Å². The lowest BCUT2D eigenvalue weighted by Gasteiger charge is -2.28. The van der Waals surface area contributed by atoms with E-state index in [0.717, 1.165) is 57.0 Å². The summed E-state index contributed by atoms with van der Waals surface area (Å²) in [6, 6.07) is 4.05. The predicted octanol–water partition coefficient (Wildman–Crippen LogP) is 4.38. The van der Waals surface area contributed by atoms with Gasteiger partial charge in [-0.2, -0.15) is 0 Å². The molecule has 1 aliphatic rings. The minimum atomic E-state index is 0.0476. The zero-order chi connectivity index (χ0) is 16.7. The molecule has 1 saturated heterocycles. The highest BCUT2D eigenvalue weighted by molar-refractivity contribution is 7.21. The lowest BCUT2D eigenvalue weighted by molar-refractivity contribution is -0.133. The van der Waals surface area contributed by atoms with E-state index < -0.39 is 0 Å². The van der Waals surface area contributed by atoms with E-state index in [4.69, 9.17) is 4.74 Å². The van der Waals surface area contributed by atoms with Crippen LogP contribution in [0.15, 0.2) is 29.7 Å². The number of fused-ring (bicyclic) bond motifs is 3. The van der Waals surface area contributed by atoms with Gasteiger partial charge in [0.15, 0.2) is 6.61 Å². The van der Waals surface area contributed by atoms with Gasteiger partial charge in [-0.1, -0.05) is 12.2 Å². The van der Waals surface area contributed by atoms with Crippen molar-refractivity contribution in [1.82, 2.24) is 9.88 Å². The molecular weight excluding hydrogens is 340 g/mol. The van der Waals surface area contributed by atoms with Gasteiger partial charge in [0, 0.05) is 24.5 Å². The van der Waals surface area contributed by atoms with Gasteiger partial charge in [0.1, 0.15) is 5.75 Å². The molecule has 1 aliphatic heterocycles. The Bertz CT molecular complexity index is 931. The van der Waals surface area contributed by atoms with Gasteiger partial charge in [-0.25, -0.2) is 4.98 Å². The second-order valence-electron chi connectivity index (χ2n) is 6.04. The van der Waals surface area contributed by atoms with Gasteiger partial charge in [0.05, 0.1) is 19.9 Å². The Balaban J connectivity index is 1.56. The van der Waals surface area contributed by atoms with E-state index in [1.54, 1.807) is 22.7 Å². The Morgan fingerprint density at radius 3 is 3.00 bits per heavy atom. The van der Waals surface area contributed by atoms with Gasteiger partial charge in [-0.05, 0) is 31.2 Å². The number of rotatable bonds is 3. The standard InChI is InChI=1S/C18H18N2O2S2/c1-11-3-6-20(7-4-11)16(21)10-22-14-9-15-17(19-12(2)24-15)18-13(14)5-8-23-18/h5,8-9H,1,3-4,6-7,10H2,2H3. The van der Waals surface area contributed by atoms with E-state index in [-0.39, 0.29) is 12.5 Å². The number of thiazole rings is 1. The number of aromatic nitrogens is 1. The normalized spacial score (nSPS) is 15.4. The van der Waals surface area contributed by atoms with Crippen molar-refractivity contribution >= 4 is 48.9 Å². The summed E-state index contributed by atoms with van der Waals surface area (Å²) in [7, 11) is 0. The molecule has 0 N–H and O–H groups in total. The maximum absolute atomic E-state index is 12.4. The average Bonchev–Trinajstić information content (AvgIpc) is 3.18. The van der Waals surface area contributed by atoms with E-state index in [2.05, 4.69) is 11.6 Å². The van der Waals surface area contributed by atoms with Crippen LogP contribution in [0, 0.1) is 6.92 Å². The van der Waals surface area contributed by atoms with Crippen LogP contribution in [-0.2, 0) is 4.79 Å². The highest BCUT2D eigenvalue weighted by Crippen LogP contribution is 2.38. The Hall–Kier alpha value is -1.92. The third kappa shape index (κ3) is 2.80. The average molecular weight is 358 g/mol. The summed E-state index contributed by atoms with van der Waals surface area (Å²) in [5, 5.41) is 4.13. The molecule has 0 aliphatic carbocycles. The largest absolute Gasteiger partial charge is 0.483 e. The summed E-state index contributed by atoms with van der Waals surface area (Å²) < 4.78 is 8.15. The lowest BCUT2D eigenvalue weighted by atomic mass is 10.1. The number of hydrogen-bond acceptors (Lipinski definition) is 5. The van der Waals surface area contributed by atoms with Crippen LogP contribution in [0.5, 0.6) is 5.75 Å². The van der Waals surface area contributed by atoms with Gasteiger partial charge in [-0.3, -0.25) is 4.79 Å². The molecule has 0 bridgehead atoms. The van der Waals surface area contributed by atoms with Gasteiger partial charge in [0.2, 0.25) is 0 Å². The zero-order valence-corrected chi connectivity index (χ0v) is 15.1. The van der Waals surface area contributed by atoms with E-state index in [1.807, 2.05) is 29.3 Å². The van der Waals surface area contributed by atoms with Crippen LogP contribution in [0.4, 0.5) is 0 Å². The molecule has 1 fully saturated rings. The van der Waals surface area contributed by atoms with Crippen molar-refractivity contribution in [3.8, 4) is 5.75 Å². The summed E-state index contributed by atoms with van der Waals surface area (Å²) in [4.78, 5) is 18.9. The highest BCUT2D eigenvalue weighted by atomic mass is 32.1. The minimum Gasteiger partial charge on any atom is -0.483 e. The summed E-state index contributed by atoms with van der Waals surface area (Å²) in [5.74, 6) is 0.823. The minimum absolute atomic E-state index is 0.0476. The molecule has 0 unspecified atom stereocenters. The second-order valence-corrected chi connectivity index (χ2v) is 8.19. The molecule has 0 saturated carbocycles. The Kier molecular flexibility index (Phi) is 4.02. The lowest BCUT2D eigenvalue weighted by Crippen LogP contribution is -2.39. The summed E-state index contributed by atoms with van der Waals surface area (Å²) in [5.41, 5.74) is 2.27. The first-order valence-corrected chi connectivity index (χ1v) is 9.66. The fraction of sp³-hybridized carbons (Fsp3) is 0.333. The number of thiophene rings is 1. The van der Waals surface area contributed by atoms with Crippen molar-refractivity contribution in [3.63, 3.8) is 0 Å². The fourth-order valence-corrected chi connectivity index (χ4v) is 4.84. The molecule has 1 amide bonds. The van der Waals surface area contributed by atoms with Gasteiger partial charge in [0.25, 0.3) is 5.91 Å². The third-order valence-corrected chi connectivity index (χ3v) is 6.18. The number of carbonyl (C=O) groups excluding carboxylic acids is 1. The second kappa shape index (κ2) is 6.18. The van der Waals surface area contributed by atoms with Crippen molar-refractivity contribution in [2.24, 2.45) is 0 Å². The summed E-state index contributed by atoms with van der Waals surface area (Å²) in [6.07, 6.45) is 1.79. The number of nitrogens with zero attached hydrogens (tertiary/aromatic N) is 2. The van der Waals surface area contributed by atoms with Crippen molar-refractivity contribution in [2.75, 3.05) is 19.7 Å². The molecule has 6 heteroatoms. The molecule has 3 aromatic rings. The number of carbonyl (C=O) groups is 1. The number of ether oxygens (including phenoxy) is 1. The number of aryl methyl sites for hydroxylation is 1. The maximum atomic E-state index is 12.4. The monoisotopic (exact) mass is 358 g/mol. The van der Waals surface area contributed by atoms with Crippen molar-refractivity contribution < 1.29 is 9.53 Å². The topological polar surface area (TPSA) is 42.4 Å². The van der Waals surface area contributed by atoms with Crippen LogP contribution < -0.4 is 4.74 Å². The number of amides is 1. The first kappa shape index (κ1) is 15.6. The van der Waals surface area contributed by atoms with Crippen LogP contribution in [-0.4, -0.2) is 35.5 Å². The molecular formula is C18H18N2O2S2. The van der Waals surface area contributed by atoms with E-state index >= 15 is 0 Å². The van der Waals surface area contributed by atoms with Gasteiger partial charge in [-0.15, -0.1) is 22.7 Å². The van der Waals surface area contributed by atoms with Crippen LogP contribution in [0.1, 0.15) is 17.8 Å². The molecule has 4 rings (SSSR count). The smallest absolute Gasteiger partial charge is 0.260 e. The van der Waals surface area contributed by atoms with Gasteiger partial charge < -0.3 is 9.64 Å². The molecule has 24 heavy (non-hydrogen) atoms. The van der Waals surface area contributed by atoms with Crippen LogP contribution >= 0.6 is 22.7 Å². The highest BCUT2D eigenvalue weighted by Gasteiger charge is 2.19. The molecule has 3 heterocycles. The van der Waals surface area contributed by atoms with Crippen molar-refractivity contribution in [2.45, 2.75) is 19.8 Å². The van der Waals surface area contributed by atoms with Crippen LogP contribution in [0.25, 0.3) is 20.3 Å². The SMILES string of the molecule is C=C1CCN(C(=O)COc2cc3sc(C)nc3c3sccc23)CC1. The summed E-state index contributed by atoms with van der Waals surface area (Å²) in [6.45, 7) is 7.59. The Morgan fingerprint density at radius 1 is 1.42 bits per heavy atom. The van der Waals surface area contributed by atoms with E-state index in [0.29, 0.717) is 0 Å². The summed E-state index contributed by atoms with van der Waals surface area (Å²) >= 11 is 3.32. The van der Waals surface area contributed by atoms with E-state index in [1.165, 1.54) is 5.57 Å². The zero-order valence-electron chi connectivity index (χ0n) is 13.5. The molecule has 1 aromatic carbocycles. The maximum Gasteiger partial charge on any atom is 0.260 e. The Labute approximate surface area is 148 Å². The third-order valence-electron chi connectivity index (χ3n) is 4.34. The molecule has 4 nitrogen and oxygen atoms in total. The van der Waals surface area contributed by atoms with Gasteiger partial charge >= 0.3 is 0 Å². The quantitative estimate of drug-likeness (QED) is 0.653. The first-order chi connectivity index (χ1) is 11.6.